The molecule has 0 aliphatic carbocycles. The predicted molar refractivity (Wildman–Crippen MR) is 242 cm³/mol. The molecule has 6 nitrogen and oxygen atoms in total. The average Bonchev–Trinajstić information content (AvgIpc) is 3.26. The van der Waals surface area contributed by atoms with Gasteiger partial charge in [0, 0.05) is 16.3 Å². The summed E-state index contributed by atoms with van der Waals surface area (Å²) < 4.78 is 0. The van der Waals surface area contributed by atoms with Crippen LogP contribution in [-0.4, -0.2) is 37.1 Å². The molecule has 0 aliphatic heterocycles. The van der Waals surface area contributed by atoms with Gasteiger partial charge in [-0.25, -0.2) is 19.9 Å². The lowest BCUT2D eigenvalue weighted by Crippen LogP contribution is -2.29. The highest BCUT2D eigenvalue weighted by molar-refractivity contribution is 6.58. The van der Waals surface area contributed by atoms with Crippen LogP contribution in [0.25, 0.3) is 76.9 Å². The van der Waals surface area contributed by atoms with Gasteiger partial charge < -0.3 is 10.0 Å². The summed E-state index contributed by atoms with van der Waals surface area (Å²) in [5, 5.41) is 25.8. The topological polar surface area (TPSA) is 92.0 Å². The fourth-order valence-corrected chi connectivity index (χ4v) is 7.51. The van der Waals surface area contributed by atoms with Crippen molar-refractivity contribution < 1.29 is 10.0 Å². The van der Waals surface area contributed by atoms with Crippen molar-refractivity contribution in [1.29, 1.82) is 0 Å². The van der Waals surface area contributed by atoms with Gasteiger partial charge in [0.2, 0.25) is 10.6 Å². The van der Waals surface area contributed by atoms with Crippen molar-refractivity contribution in [2.45, 2.75) is 0 Å². The van der Waals surface area contributed by atoms with Gasteiger partial charge in [-0.3, -0.25) is 0 Å². The summed E-state index contributed by atoms with van der Waals surface area (Å²) in [5.41, 5.74) is 8.63. The van der Waals surface area contributed by atoms with Gasteiger partial charge >= 0.3 is 7.12 Å². The number of hydrogen-bond acceptors (Lipinski definition) is 6. The Balaban J connectivity index is 0.000000132. The van der Waals surface area contributed by atoms with E-state index in [0.717, 1.165) is 44.2 Å². The quantitative estimate of drug-likeness (QED) is 0.104. The number of halogens is 3. The first kappa shape index (κ1) is 38.7. The molecule has 0 unspecified atom stereocenters. The normalized spacial score (nSPS) is 10.8. The SMILES string of the molecule is Clc1nc(-c2ccc(-c3cccc4ccccc34)cc2)c2ccccc2n1.Clc1nc(Cl)c2ccccc2n1.OB(O)c1ccc(-c2cccc3ccccc23)cc1. The second-order valence-electron chi connectivity index (χ2n) is 13.3. The number of para-hydroxylation sites is 2. The van der Waals surface area contributed by atoms with Crippen LogP contribution in [0.2, 0.25) is 15.7 Å². The lowest BCUT2D eigenvalue weighted by molar-refractivity contribution is 0.426. The second kappa shape index (κ2) is 17.5. The van der Waals surface area contributed by atoms with E-state index in [-0.39, 0.29) is 10.6 Å². The molecule has 0 fully saturated rings. The van der Waals surface area contributed by atoms with Crippen LogP contribution < -0.4 is 5.46 Å². The van der Waals surface area contributed by atoms with Crippen molar-refractivity contribution in [3.8, 4) is 33.5 Å². The molecule has 280 valence electrons. The molecular formula is C48H32BCl3N4O2. The Labute approximate surface area is 350 Å². The highest BCUT2D eigenvalue weighted by Crippen LogP contribution is 2.33. The molecule has 0 saturated carbocycles. The molecule has 0 aliphatic rings. The first-order valence-corrected chi connectivity index (χ1v) is 19.5. The molecule has 8 aromatic carbocycles. The average molecular weight is 814 g/mol. The smallest absolute Gasteiger partial charge is 0.423 e. The van der Waals surface area contributed by atoms with E-state index in [1.165, 1.54) is 32.7 Å². The van der Waals surface area contributed by atoms with Crippen LogP contribution in [0.15, 0.2) is 182 Å². The van der Waals surface area contributed by atoms with E-state index in [9.17, 15) is 0 Å². The van der Waals surface area contributed by atoms with Gasteiger partial charge in [-0.15, -0.1) is 0 Å². The first-order chi connectivity index (χ1) is 28.3. The minimum atomic E-state index is -1.42. The van der Waals surface area contributed by atoms with E-state index in [0.29, 0.717) is 10.6 Å². The highest BCUT2D eigenvalue weighted by Gasteiger charge is 2.12. The van der Waals surface area contributed by atoms with Crippen LogP contribution in [0.1, 0.15) is 0 Å². The monoisotopic (exact) mass is 812 g/mol. The molecule has 0 amide bonds. The molecule has 10 aromatic rings. The molecular weight excluding hydrogens is 782 g/mol. The molecule has 0 bridgehead atoms. The van der Waals surface area contributed by atoms with E-state index in [4.69, 9.17) is 44.9 Å². The number of fused-ring (bicyclic) bond motifs is 4. The van der Waals surface area contributed by atoms with Gasteiger partial charge in [0.1, 0.15) is 5.15 Å². The first-order valence-electron chi connectivity index (χ1n) is 18.4. The summed E-state index contributed by atoms with van der Waals surface area (Å²) in [6.07, 6.45) is 0. The number of nitrogens with zero attached hydrogens (tertiary/aromatic N) is 4. The van der Waals surface area contributed by atoms with Crippen molar-refractivity contribution in [3.05, 3.63) is 198 Å². The maximum absolute atomic E-state index is 9.11. The Morgan fingerprint density at radius 2 is 0.776 bits per heavy atom. The fourth-order valence-electron chi connectivity index (χ4n) is 6.88. The van der Waals surface area contributed by atoms with Crippen molar-refractivity contribution in [2.75, 3.05) is 0 Å². The van der Waals surface area contributed by atoms with E-state index >= 15 is 0 Å². The van der Waals surface area contributed by atoms with E-state index in [1.54, 1.807) is 12.1 Å². The van der Waals surface area contributed by atoms with E-state index in [2.05, 4.69) is 111 Å². The molecule has 10 heteroatoms. The van der Waals surface area contributed by atoms with Gasteiger partial charge in [-0.1, -0.05) is 175 Å². The summed E-state index contributed by atoms with van der Waals surface area (Å²) in [7, 11) is -1.42. The Morgan fingerprint density at radius 3 is 1.33 bits per heavy atom. The van der Waals surface area contributed by atoms with Gasteiger partial charge in [0.05, 0.1) is 16.7 Å². The summed E-state index contributed by atoms with van der Waals surface area (Å²) in [6, 6.07) is 60.5. The highest BCUT2D eigenvalue weighted by atomic mass is 35.5. The standard InChI is InChI=1S/C24H15ClN2.C16H13BO2.C8H4Cl2N2/c25-24-26-22-11-4-3-9-21(22)23(27-24)18-14-12-17(13-15-18)20-10-5-7-16-6-1-2-8-19(16)20;18-17(19)14-10-8-13(9-11-14)16-7-3-5-12-4-1-2-6-15(12)16;9-7-5-3-1-2-4-6(5)11-8(10)12-7/h1-15H;1-11,18-19H;1-4H. The largest absolute Gasteiger partial charge is 0.488 e. The molecule has 0 saturated heterocycles. The van der Waals surface area contributed by atoms with Crippen LogP contribution in [0.4, 0.5) is 0 Å². The Bertz CT molecular complexity index is 3030. The Hall–Kier alpha value is -6.19. The zero-order valence-corrected chi connectivity index (χ0v) is 33.0. The Morgan fingerprint density at radius 1 is 0.362 bits per heavy atom. The second-order valence-corrected chi connectivity index (χ2v) is 14.3. The zero-order chi connectivity index (χ0) is 40.0. The number of benzene rings is 8. The molecule has 10 rings (SSSR count). The van der Waals surface area contributed by atoms with Gasteiger partial charge in [-0.2, -0.15) is 0 Å². The summed E-state index contributed by atoms with van der Waals surface area (Å²) in [5.74, 6) is 0. The van der Waals surface area contributed by atoms with Crippen LogP contribution in [0.3, 0.4) is 0 Å². The van der Waals surface area contributed by atoms with Crippen LogP contribution in [0.5, 0.6) is 0 Å². The molecule has 0 radical (unpaired) electrons. The molecule has 58 heavy (non-hydrogen) atoms. The van der Waals surface area contributed by atoms with Crippen molar-refractivity contribution in [2.24, 2.45) is 0 Å². The number of aromatic nitrogens is 4. The van der Waals surface area contributed by atoms with Crippen molar-refractivity contribution >= 4 is 90.7 Å². The maximum Gasteiger partial charge on any atom is 0.488 e. The van der Waals surface area contributed by atoms with E-state index < -0.39 is 7.12 Å². The van der Waals surface area contributed by atoms with Crippen molar-refractivity contribution in [3.63, 3.8) is 0 Å². The third kappa shape index (κ3) is 8.55. The number of rotatable bonds is 4. The molecule has 2 aromatic heterocycles. The van der Waals surface area contributed by atoms with Crippen molar-refractivity contribution in [1.82, 2.24) is 19.9 Å². The van der Waals surface area contributed by atoms with E-state index in [1.807, 2.05) is 78.9 Å². The van der Waals surface area contributed by atoms with Gasteiger partial charge in [0.25, 0.3) is 0 Å². The minimum absolute atomic E-state index is 0.179. The fraction of sp³-hybridized carbons (Fsp3) is 0. The molecule has 2 heterocycles. The van der Waals surface area contributed by atoms with Gasteiger partial charge in [-0.05, 0) is 90.7 Å². The molecule has 0 spiro atoms. The predicted octanol–water partition coefficient (Wildman–Crippen LogP) is 11.9. The third-order valence-corrected chi connectivity index (χ3v) is 10.3. The zero-order valence-electron chi connectivity index (χ0n) is 30.7. The van der Waals surface area contributed by atoms with Crippen LogP contribution in [0, 0.1) is 0 Å². The summed E-state index contributed by atoms with van der Waals surface area (Å²) in [4.78, 5) is 16.6. The maximum atomic E-state index is 9.11. The minimum Gasteiger partial charge on any atom is -0.423 e. The summed E-state index contributed by atoms with van der Waals surface area (Å²) in [6.45, 7) is 0. The number of hydrogen-bond donors (Lipinski definition) is 2. The Kier molecular flexibility index (Phi) is 11.7. The third-order valence-electron chi connectivity index (χ3n) is 9.67. The summed E-state index contributed by atoms with van der Waals surface area (Å²) >= 11 is 17.6. The van der Waals surface area contributed by atoms with Crippen LogP contribution in [-0.2, 0) is 0 Å². The van der Waals surface area contributed by atoms with Crippen LogP contribution >= 0.6 is 34.8 Å². The lowest BCUT2D eigenvalue weighted by atomic mass is 9.79. The lowest BCUT2D eigenvalue weighted by Gasteiger charge is -2.09. The van der Waals surface area contributed by atoms with Gasteiger partial charge in [0.15, 0.2) is 0 Å². The molecule has 0 atom stereocenters. The molecule has 2 N–H and O–H groups in total.